The van der Waals surface area contributed by atoms with Gasteiger partial charge in [-0.3, -0.25) is 4.90 Å². The number of piperidine rings is 1. The SMILES string of the molecule is CCc1cnc(N)nc1N1CCC([C@@H](C)N2CCN(C)CC2)CC1. The summed E-state index contributed by atoms with van der Waals surface area (Å²) in [5.41, 5.74) is 7.02. The average Bonchev–Trinajstić information content (AvgIpc) is 2.62. The molecular formula is C18H32N6. The number of nitrogen functional groups attached to an aromatic ring is 1. The van der Waals surface area contributed by atoms with E-state index in [2.05, 4.69) is 45.6 Å². The van der Waals surface area contributed by atoms with Crippen molar-refractivity contribution in [3.8, 4) is 0 Å². The van der Waals surface area contributed by atoms with Gasteiger partial charge in [-0.1, -0.05) is 6.92 Å². The Labute approximate surface area is 146 Å². The van der Waals surface area contributed by atoms with Gasteiger partial charge in [-0.15, -0.1) is 0 Å². The summed E-state index contributed by atoms with van der Waals surface area (Å²) in [5, 5.41) is 0. The zero-order valence-corrected chi connectivity index (χ0v) is 15.4. The maximum absolute atomic E-state index is 5.81. The van der Waals surface area contributed by atoms with Crippen LogP contribution in [0.5, 0.6) is 0 Å². The Balaban J connectivity index is 1.58. The first kappa shape index (κ1) is 17.4. The van der Waals surface area contributed by atoms with Gasteiger partial charge in [-0.2, -0.15) is 4.98 Å². The lowest BCUT2D eigenvalue weighted by Crippen LogP contribution is -2.51. The molecule has 1 atom stereocenters. The Morgan fingerprint density at radius 2 is 1.83 bits per heavy atom. The first-order valence-electron chi connectivity index (χ1n) is 9.37. The maximum Gasteiger partial charge on any atom is 0.221 e. The standard InChI is InChI=1S/C18H32N6/c1-4-15-13-20-18(19)21-17(15)24-7-5-16(6-8-24)14(2)23-11-9-22(3)10-12-23/h13-14,16H,4-12H2,1-3H3,(H2,19,20,21)/t14-/m1/s1. The van der Waals surface area contributed by atoms with Crippen LogP contribution in [-0.2, 0) is 6.42 Å². The molecule has 2 saturated heterocycles. The first-order chi connectivity index (χ1) is 11.6. The summed E-state index contributed by atoms with van der Waals surface area (Å²) in [6.07, 6.45) is 5.31. The van der Waals surface area contributed by atoms with Crippen LogP contribution in [0.4, 0.5) is 11.8 Å². The number of nitrogens with two attached hydrogens (primary N) is 1. The number of aryl methyl sites for hydroxylation is 1. The molecule has 2 aliphatic heterocycles. The predicted octanol–water partition coefficient (Wildman–Crippen LogP) is 1.47. The van der Waals surface area contributed by atoms with Crippen LogP contribution in [0.15, 0.2) is 6.20 Å². The van der Waals surface area contributed by atoms with Crippen LogP contribution in [0, 0.1) is 5.92 Å². The van der Waals surface area contributed by atoms with Gasteiger partial charge in [-0.25, -0.2) is 4.98 Å². The molecule has 0 spiro atoms. The fraction of sp³-hybridized carbons (Fsp3) is 0.778. The average molecular weight is 332 g/mol. The van der Waals surface area contributed by atoms with Gasteiger partial charge in [0.15, 0.2) is 0 Å². The van der Waals surface area contributed by atoms with Crippen molar-refractivity contribution in [2.24, 2.45) is 5.92 Å². The highest BCUT2D eigenvalue weighted by Gasteiger charge is 2.30. The van der Waals surface area contributed by atoms with Crippen LogP contribution in [0.25, 0.3) is 0 Å². The third-order valence-electron chi connectivity index (χ3n) is 5.88. The summed E-state index contributed by atoms with van der Waals surface area (Å²) < 4.78 is 0. The Kier molecular flexibility index (Phi) is 5.56. The lowest BCUT2D eigenvalue weighted by molar-refractivity contribution is 0.0813. The van der Waals surface area contributed by atoms with Crippen LogP contribution in [0.3, 0.4) is 0 Å². The molecule has 24 heavy (non-hydrogen) atoms. The molecule has 2 aliphatic rings. The highest BCUT2D eigenvalue weighted by Crippen LogP contribution is 2.29. The monoisotopic (exact) mass is 332 g/mol. The molecule has 0 radical (unpaired) electrons. The second kappa shape index (κ2) is 7.66. The number of nitrogens with zero attached hydrogens (tertiary/aromatic N) is 5. The second-order valence-corrected chi connectivity index (χ2v) is 7.33. The van der Waals surface area contributed by atoms with Crippen LogP contribution in [0.2, 0.25) is 0 Å². The van der Waals surface area contributed by atoms with Crippen LogP contribution < -0.4 is 10.6 Å². The number of anilines is 2. The van der Waals surface area contributed by atoms with Gasteiger partial charge >= 0.3 is 0 Å². The molecule has 0 aromatic carbocycles. The molecule has 0 aliphatic carbocycles. The van der Waals surface area contributed by atoms with E-state index in [4.69, 9.17) is 5.73 Å². The molecule has 0 saturated carbocycles. The van der Waals surface area contributed by atoms with Gasteiger partial charge in [-0.05, 0) is 39.2 Å². The number of hydrogen-bond acceptors (Lipinski definition) is 6. The van der Waals surface area contributed by atoms with E-state index in [-0.39, 0.29) is 0 Å². The molecule has 6 heteroatoms. The van der Waals surface area contributed by atoms with E-state index >= 15 is 0 Å². The van der Waals surface area contributed by atoms with Crippen LogP contribution in [-0.4, -0.2) is 72.1 Å². The summed E-state index contributed by atoms with van der Waals surface area (Å²) in [6, 6.07) is 0.682. The van der Waals surface area contributed by atoms with E-state index < -0.39 is 0 Å². The summed E-state index contributed by atoms with van der Waals surface area (Å²) >= 11 is 0. The van der Waals surface area contributed by atoms with Gasteiger partial charge < -0.3 is 15.5 Å². The number of hydrogen-bond donors (Lipinski definition) is 1. The minimum Gasteiger partial charge on any atom is -0.368 e. The number of rotatable bonds is 4. The quantitative estimate of drug-likeness (QED) is 0.901. The van der Waals surface area contributed by atoms with E-state index in [0.29, 0.717) is 12.0 Å². The number of piperazine rings is 1. The second-order valence-electron chi connectivity index (χ2n) is 7.33. The highest BCUT2D eigenvalue weighted by molar-refractivity contribution is 5.49. The zero-order chi connectivity index (χ0) is 17.1. The van der Waals surface area contributed by atoms with Crippen molar-refractivity contribution in [1.29, 1.82) is 0 Å². The molecule has 0 unspecified atom stereocenters. The minimum atomic E-state index is 0.384. The Morgan fingerprint density at radius 3 is 2.46 bits per heavy atom. The molecule has 2 N–H and O–H groups in total. The molecular weight excluding hydrogens is 300 g/mol. The fourth-order valence-corrected chi connectivity index (χ4v) is 4.06. The molecule has 3 heterocycles. The van der Waals surface area contributed by atoms with E-state index in [1.54, 1.807) is 0 Å². The van der Waals surface area contributed by atoms with Crippen molar-refractivity contribution in [3.05, 3.63) is 11.8 Å². The predicted molar refractivity (Wildman–Crippen MR) is 99.3 cm³/mol. The van der Waals surface area contributed by atoms with Crippen LogP contribution >= 0.6 is 0 Å². The molecule has 0 bridgehead atoms. The molecule has 0 amide bonds. The topological polar surface area (TPSA) is 61.5 Å². The fourth-order valence-electron chi connectivity index (χ4n) is 4.06. The smallest absolute Gasteiger partial charge is 0.221 e. The summed E-state index contributed by atoms with van der Waals surface area (Å²) in [7, 11) is 2.22. The van der Waals surface area contributed by atoms with Crippen molar-refractivity contribution in [2.75, 3.05) is 56.9 Å². The van der Waals surface area contributed by atoms with E-state index in [1.807, 2.05) is 6.20 Å². The van der Waals surface area contributed by atoms with Crippen molar-refractivity contribution in [1.82, 2.24) is 19.8 Å². The Morgan fingerprint density at radius 1 is 1.17 bits per heavy atom. The third-order valence-corrected chi connectivity index (χ3v) is 5.88. The van der Waals surface area contributed by atoms with Gasteiger partial charge in [0.05, 0.1) is 0 Å². The number of likely N-dealkylation sites (N-methyl/N-ethyl adjacent to an activating group) is 1. The Bertz CT molecular complexity index is 532. The first-order valence-corrected chi connectivity index (χ1v) is 9.37. The molecule has 1 aromatic heterocycles. The van der Waals surface area contributed by atoms with Crippen molar-refractivity contribution in [2.45, 2.75) is 39.2 Å². The van der Waals surface area contributed by atoms with Crippen LogP contribution in [0.1, 0.15) is 32.3 Å². The van der Waals surface area contributed by atoms with E-state index in [1.165, 1.54) is 44.6 Å². The van der Waals surface area contributed by atoms with Crippen molar-refractivity contribution < 1.29 is 0 Å². The van der Waals surface area contributed by atoms with Gasteiger partial charge in [0.1, 0.15) is 5.82 Å². The molecule has 2 fully saturated rings. The molecule has 3 rings (SSSR count). The maximum atomic E-state index is 5.81. The summed E-state index contributed by atoms with van der Waals surface area (Å²) in [6.45, 7) is 11.5. The molecule has 6 nitrogen and oxygen atoms in total. The normalized spacial score (nSPS) is 22.7. The van der Waals surface area contributed by atoms with E-state index in [9.17, 15) is 0 Å². The minimum absolute atomic E-state index is 0.384. The Hall–Kier alpha value is -1.40. The lowest BCUT2D eigenvalue weighted by atomic mass is 9.89. The summed E-state index contributed by atoms with van der Waals surface area (Å²) in [5.74, 6) is 2.22. The van der Waals surface area contributed by atoms with Gasteiger partial charge in [0, 0.05) is 57.1 Å². The lowest BCUT2D eigenvalue weighted by Gasteiger charge is -2.43. The third kappa shape index (κ3) is 3.81. The zero-order valence-electron chi connectivity index (χ0n) is 15.4. The van der Waals surface area contributed by atoms with E-state index in [0.717, 1.165) is 31.2 Å². The van der Waals surface area contributed by atoms with Gasteiger partial charge in [0.2, 0.25) is 5.95 Å². The molecule has 1 aromatic rings. The number of aromatic nitrogens is 2. The highest BCUT2D eigenvalue weighted by atomic mass is 15.3. The van der Waals surface area contributed by atoms with Gasteiger partial charge in [0.25, 0.3) is 0 Å². The summed E-state index contributed by atoms with van der Waals surface area (Å²) in [4.78, 5) is 16.2. The largest absolute Gasteiger partial charge is 0.368 e. The molecule has 134 valence electrons. The van der Waals surface area contributed by atoms with Crippen molar-refractivity contribution >= 4 is 11.8 Å². The van der Waals surface area contributed by atoms with Crippen molar-refractivity contribution in [3.63, 3.8) is 0 Å².